The Kier molecular flexibility index (Phi) is 8.96. The molecule has 212 valence electrons. The summed E-state index contributed by atoms with van der Waals surface area (Å²) in [6, 6.07) is 48.1. The van der Waals surface area contributed by atoms with Crippen LogP contribution in [0.25, 0.3) is 49.6 Å². The van der Waals surface area contributed by atoms with Crippen molar-refractivity contribution in [3.63, 3.8) is 0 Å². The zero-order chi connectivity index (χ0) is 29.8. The Bertz CT molecular complexity index is 1870. The van der Waals surface area contributed by atoms with Gasteiger partial charge in [-0.3, -0.25) is 14.8 Å². The van der Waals surface area contributed by atoms with Gasteiger partial charge in [0, 0.05) is 16.8 Å². The molecule has 2 aromatic heterocycles. The first-order chi connectivity index (χ1) is 21.0. The van der Waals surface area contributed by atoms with Crippen LogP contribution < -0.4 is 0 Å². The molecule has 0 N–H and O–H groups in total. The molecule has 0 saturated heterocycles. The molecule has 2 heterocycles. The minimum Gasteiger partial charge on any atom is -0.300 e. The fourth-order valence-corrected chi connectivity index (χ4v) is 5.19. The van der Waals surface area contributed by atoms with E-state index in [0.717, 1.165) is 56.2 Å². The van der Waals surface area contributed by atoms with Crippen LogP contribution in [-0.4, -0.2) is 9.97 Å². The molecule has 6 aromatic rings. The third-order valence-electron chi connectivity index (χ3n) is 7.60. The third kappa shape index (κ3) is 6.00. The topological polar surface area (TPSA) is 53.9 Å². The van der Waals surface area contributed by atoms with Crippen LogP contribution in [0.3, 0.4) is 0 Å². The molecule has 5 heteroatoms. The van der Waals surface area contributed by atoms with Gasteiger partial charge < -0.3 is 0 Å². The molecule has 0 unspecified atom stereocenters. The Morgan fingerprint density at radius 2 is 1.18 bits per heavy atom. The average molecular weight is 746 g/mol. The van der Waals surface area contributed by atoms with Crippen molar-refractivity contribution in [2.45, 2.75) is 19.3 Å². The van der Waals surface area contributed by atoms with Gasteiger partial charge in [-0.05, 0) is 65.2 Å². The second-order valence-electron chi connectivity index (χ2n) is 10.7. The molecule has 0 aliphatic heterocycles. The third-order valence-corrected chi connectivity index (χ3v) is 7.60. The van der Waals surface area contributed by atoms with Crippen molar-refractivity contribution in [1.29, 1.82) is 5.26 Å². The zero-order valence-electron chi connectivity index (χ0n) is 24.2. The van der Waals surface area contributed by atoms with Crippen molar-refractivity contribution in [3.05, 3.63) is 162 Å². The Morgan fingerprint density at radius 3 is 1.68 bits per heavy atom. The molecule has 0 bridgehead atoms. The Labute approximate surface area is 272 Å². The maximum Gasteiger partial charge on any atom is 2.00 e. The molecular formula is C39H26N4Pt. The normalized spacial score (nSPS) is 10.7. The number of aromatic nitrogens is 2. The van der Waals surface area contributed by atoms with Gasteiger partial charge >= 0.3 is 21.1 Å². The summed E-state index contributed by atoms with van der Waals surface area (Å²) in [5.41, 5.74) is 9.23. The second kappa shape index (κ2) is 13.0. The fourth-order valence-electron chi connectivity index (χ4n) is 5.19. The summed E-state index contributed by atoms with van der Waals surface area (Å²) in [4.78, 5) is 14.1. The van der Waals surface area contributed by atoms with Crippen molar-refractivity contribution in [3.8, 4) is 50.8 Å². The Hall–Kier alpha value is -5.15. The van der Waals surface area contributed by atoms with Crippen molar-refractivity contribution < 1.29 is 21.1 Å². The van der Waals surface area contributed by atoms with Crippen molar-refractivity contribution in [2.24, 2.45) is 0 Å². The summed E-state index contributed by atoms with van der Waals surface area (Å²) in [5.74, 6) is 0. The molecule has 4 aromatic carbocycles. The van der Waals surface area contributed by atoms with Gasteiger partial charge in [0.2, 0.25) is 0 Å². The quantitative estimate of drug-likeness (QED) is 0.160. The maximum atomic E-state index is 9.57. The summed E-state index contributed by atoms with van der Waals surface area (Å²) in [5, 5.41) is 9.57. The summed E-state index contributed by atoms with van der Waals surface area (Å²) in [7, 11) is 0. The standard InChI is InChI=1S/C39H26N4.Pt/c1-39(2,35-22-20-33(28-13-6-4-7-14-28)37(42-35)30-17-10-12-27(24-30)26-40)36-23-21-34(29-15-8-5-9-16-29)38(43-36)31-18-11-19-32(25-31)41-3;/h4-16,19-25H,1-2H3;/q-2;+2. The van der Waals surface area contributed by atoms with Gasteiger partial charge in [-0.1, -0.05) is 72.8 Å². The van der Waals surface area contributed by atoms with Crippen molar-refractivity contribution in [2.75, 3.05) is 0 Å². The predicted octanol–water partition coefficient (Wildman–Crippen LogP) is 9.49. The molecule has 0 radical (unpaired) electrons. The molecule has 0 atom stereocenters. The summed E-state index contributed by atoms with van der Waals surface area (Å²) < 4.78 is 0. The van der Waals surface area contributed by atoms with E-state index in [4.69, 9.17) is 16.5 Å². The molecule has 44 heavy (non-hydrogen) atoms. The van der Waals surface area contributed by atoms with Crippen LogP contribution in [0.1, 0.15) is 30.8 Å². The monoisotopic (exact) mass is 745 g/mol. The number of benzene rings is 4. The SMILES string of the molecule is [C-]#[N+]c1cc[c-]c(-c2nc(C(C)(C)c3ccc(-c4ccccc4)c(-c4[c-]ccc(C#N)c4)n3)ccc2-c2ccccc2)c1.[Pt+2]. The van der Waals surface area contributed by atoms with Gasteiger partial charge in [0.25, 0.3) is 0 Å². The number of rotatable bonds is 6. The molecule has 6 rings (SSSR count). The molecule has 0 spiro atoms. The molecule has 4 nitrogen and oxygen atoms in total. The van der Waals surface area contributed by atoms with Crippen LogP contribution in [0, 0.1) is 30.0 Å². The number of nitriles is 1. The van der Waals surface area contributed by atoms with E-state index in [-0.39, 0.29) is 21.1 Å². The minimum atomic E-state index is -0.585. The number of nitrogens with zero attached hydrogens (tertiary/aromatic N) is 4. The van der Waals surface area contributed by atoms with Crippen molar-refractivity contribution >= 4 is 5.69 Å². The van der Waals surface area contributed by atoms with Crippen LogP contribution >= 0.6 is 0 Å². The first-order valence-electron chi connectivity index (χ1n) is 13.9. The smallest absolute Gasteiger partial charge is 0.300 e. The minimum absolute atomic E-state index is 0. The van der Waals surface area contributed by atoms with Crippen LogP contribution in [0.5, 0.6) is 0 Å². The van der Waals surface area contributed by atoms with E-state index in [9.17, 15) is 5.26 Å². The molecular weight excluding hydrogens is 720 g/mol. The van der Waals surface area contributed by atoms with E-state index >= 15 is 0 Å². The van der Waals surface area contributed by atoms with E-state index in [1.165, 1.54) is 0 Å². The predicted molar refractivity (Wildman–Crippen MR) is 171 cm³/mol. The second-order valence-corrected chi connectivity index (χ2v) is 10.7. The van der Waals surface area contributed by atoms with E-state index < -0.39 is 5.41 Å². The van der Waals surface area contributed by atoms with E-state index in [1.54, 1.807) is 24.3 Å². The van der Waals surface area contributed by atoms with Gasteiger partial charge in [-0.2, -0.15) is 11.3 Å². The van der Waals surface area contributed by atoms with Crippen LogP contribution in [0.2, 0.25) is 0 Å². The van der Waals surface area contributed by atoms with Crippen LogP contribution in [-0.2, 0) is 26.5 Å². The Balaban J connectivity index is 0.00000384. The first kappa shape index (κ1) is 30.3. The van der Waals surface area contributed by atoms with E-state index in [1.807, 2.05) is 48.5 Å². The maximum absolute atomic E-state index is 9.57. The molecule has 0 amide bonds. The number of pyridine rings is 2. The summed E-state index contributed by atoms with van der Waals surface area (Å²) in [6.07, 6.45) is 0. The zero-order valence-corrected chi connectivity index (χ0v) is 26.4. The van der Waals surface area contributed by atoms with Crippen molar-refractivity contribution in [1.82, 2.24) is 9.97 Å². The fraction of sp³-hybridized carbons (Fsp3) is 0.0769. The van der Waals surface area contributed by atoms with E-state index in [2.05, 4.69) is 85.4 Å². The number of hydrogen-bond donors (Lipinski definition) is 0. The number of hydrogen-bond acceptors (Lipinski definition) is 3. The average Bonchev–Trinajstić information content (AvgIpc) is 3.08. The molecule has 0 aliphatic rings. The molecule has 0 fully saturated rings. The Morgan fingerprint density at radius 1 is 0.682 bits per heavy atom. The van der Waals surface area contributed by atoms with Gasteiger partial charge in [-0.25, -0.2) is 0 Å². The van der Waals surface area contributed by atoms with Crippen LogP contribution in [0.15, 0.2) is 121 Å². The summed E-state index contributed by atoms with van der Waals surface area (Å²) in [6.45, 7) is 11.8. The van der Waals surface area contributed by atoms with Gasteiger partial charge in [0.1, 0.15) is 5.69 Å². The van der Waals surface area contributed by atoms with Crippen LogP contribution in [0.4, 0.5) is 5.69 Å². The first-order valence-corrected chi connectivity index (χ1v) is 13.9. The van der Waals surface area contributed by atoms with Gasteiger partial charge in [0.15, 0.2) is 0 Å². The van der Waals surface area contributed by atoms with Gasteiger partial charge in [-0.15, -0.1) is 53.6 Å². The molecule has 0 aliphatic carbocycles. The molecule has 0 saturated carbocycles. The van der Waals surface area contributed by atoms with Gasteiger partial charge in [0.05, 0.1) is 12.6 Å². The van der Waals surface area contributed by atoms with E-state index in [0.29, 0.717) is 11.3 Å². The largest absolute Gasteiger partial charge is 2.00 e. The summed E-state index contributed by atoms with van der Waals surface area (Å²) >= 11 is 0.